The zero-order chi connectivity index (χ0) is 9.19. The zero-order valence-electron chi connectivity index (χ0n) is 6.35. The van der Waals surface area contributed by atoms with E-state index in [4.69, 9.17) is 37.7 Å². The Morgan fingerprint density at radius 3 is 2.42 bits per heavy atom. The molecule has 0 saturated heterocycles. The maximum atomic E-state index is 5.57. The van der Waals surface area contributed by atoms with Crippen molar-refractivity contribution in [1.29, 1.82) is 0 Å². The lowest BCUT2D eigenvalue weighted by molar-refractivity contribution is 0.596. The van der Waals surface area contributed by atoms with Crippen molar-refractivity contribution in [3.63, 3.8) is 0 Å². The van der Waals surface area contributed by atoms with E-state index >= 15 is 0 Å². The molecule has 1 nitrogen and oxygen atoms in total. The normalized spacial score (nSPS) is 11.3. The number of hydrogen-bond acceptors (Lipinski definition) is 1. The van der Waals surface area contributed by atoms with Gasteiger partial charge in [-0.3, -0.25) is 0 Å². The van der Waals surface area contributed by atoms with Crippen molar-refractivity contribution < 1.29 is 4.43 Å². The first-order valence-corrected chi connectivity index (χ1v) is 8.24. The van der Waals surface area contributed by atoms with Crippen LogP contribution in [0, 0.1) is 6.92 Å². The Kier molecular flexibility index (Phi) is 3.29. The first-order chi connectivity index (χ1) is 5.47. The number of rotatable bonds is 2. The van der Waals surface area contributed by atoms with Gasteiger partial charge >= 0.3 is 6.25 Å². The van der Waals surface area contributed by atoms with Gasteiger partial charge in [-0.2, -0.15) is 0 Å². The third-order valence-corrected chi connectivity index (χ3v) is 2.38. The summed E-state index contributed by atoms with van der Waals surface area (Å²) in [6, 6.07) is 7.40. The molecular formula is C7H7Cl3OSi. The minimum atomic E-state index is -3.00. The Hall–Kier alpha value is 0.107. The second-order valence-corrected chi connectivity index (χ2v) is 9.99. The molecule has 0 aliphatic heterocycles. The minimum absolute atomic E-state index is 0.613. The third kappa shape index (κ3) is 3.67. The third-order valence-electron chi connectivity index (χ3n) is 1.22. The van der Waals surface area contributed by atoms with Gasteiger partial charge in [0.1, 0.15) is 5.75 Å². The standard InChI is InChI=1S/C7H7Cl3OSi/c1-6-3-2-4-7(5-6)11-12(8,9)10/h2-5H,1H3. The van der Waals surface area contributed by atoms with Crippen molar-refractivity contribution in [3.05, 3.63) is 29.8 Å². The van der Waals surface area contributed by atoms with Crippen LogP contribution in [0.15, 0.2) is 24.3 Å². The van der Waals surface area contributed by atoms with Crippen LogP contribution in [0.25, 0.3) is 0 Å². The summed E-state index contributed by atoms with van der Waals surface area (Å²) in [6.45, 7) is 1.95. The summed E-state index contributed by atoms with van der Waals surface area (Å²) < 4.78 is 5.12. The van der Waals surface area contributed by atoms with Crippen LogP contribution < -0.4 is 4.43 Å². The van der Waals surface area contributed by atoms with Crippen LogP contribution in [0.5, 0.6) is 5.75 Å². The first-order valence-electron chi connectivity index (χ1n) is 3.30. The van der Waals surface area contributed by atoms with Crippen molar-refractivity contribution in [2.75, 3.05) is 0 Å². The predicted molar refractivity (Wildman–Crippen MR) is 55.1 cm³/mol. The number of aryl methyl sites for hydroxylation is 1. The second kappa shape index (κ2) is 3.88. The molecule has 12 heavy (non-hydrogen) atoms. The Morgan fingerprint density at radius 2 is 1.92 bits per heavy atom. The quantitative estimate of drug-likeness (QED) is 0.569. The SMILES string of the molecule is Cc1cccc(O[Si](Cl)(Cl)Cl)c1. The average molecular weight is 242 g/mol. The van der Waals surface area contributed by atoms with Crippen LogP contribution in [-0.4, -0.2) is 6.25 Å². The fourth-order valence-corrected chi connectivity index (χ4v) is 2.01. The Bertz CT molecular complexity index is 272. The van der Waals surface area contributed by atoms with E-state index in [2.05, 4.69) is 0 Å². The molecule has 0 aromatic heterocycles. The van der Waals surface area contributed by atoms with Gasteiger partial charge < -0.3 is 4.43 Å². The first kappa shape index (κ1) is 10.2. The van der Waals surface area contributed by atoms with Crippen LogP contribution in [0.1, 0.15) is 5.56 Å². The predicted octanol–water partition coefficient (Wildman–Crippen LogP) is 3.53. The van der Waals surface area contributed by atoms with Crippen molar-refractivity contribution in [1.82, 2.24) is 0 Å². The molecule has 0 spiro atoms. The Labute approximate surface area is 86.4 Å². The molecule has 0 fully saturated rings. The van der Waals surface area contributed by atoms with Gasteiger partial charge in [-0.15, -0.1) is 0 Å². The van der Waals surface area contributed by atoms with Gasteiger partial charge in [0, 0.05) is 0 Å². The van der Waals surface area contributed by atoms with Crippen LogP contribution in [0.4, 0.5) is 0 Å². The second-order valence-electron chi connectivity index (χ2n) is 2.36. The number of hydrogen-bond donors (Lipinski definition) is 0. The van der Waals surface area contributed by atoms with E-state index in [1.54, 1.807) is 6.07 Å². The van der Waals surface area contributed by atoms with Crippen molar-refractivity contribution >= 4 is 39.5 Å². The fraction of sp³-hybridized carbons (Fsp3) is 0.143. The summed E-state index contributed by atoms with van der Waals surface area (Å²) in [5, 5.41) is 0. The molecule has 0 radical (unpaired) electrons. The van der Waals surface area contributed by atoms with E-state index in [1.165, 1.54) is 0 Å². The minimum Gasteiger partial charge on any atom is -0.508 e. The van der Waals surface area contributed by atoms with Crippen LogP contribution in [-0.2, 0) is 0 Å². The highest BCUT2D eigenvalue weighted by Gasteiger charge is 2.29. The van der Waals surface area contributed by atoms with Gasteiger partial charge in [0.25, 0.3) is 0 Å². The van der Waals surface area contributed by atoms with Crippen molar-refractivity contribution in [2.24, 2.45) is 0 Å². The Balaban J connectivity index is 2.77. The van der Waals surface area contributed by atoms with Crippen LogP contribution >= 0.6 is 33.2 Å². The fourth-order valence-electron chi connectivity index (χ4n) is 0.812. The monoisotopic (exact) mass is 240 g/mol. The highest BCUT2D eigenvalue weighted by atomic mass is 35.8. The van der Waals surface area contributed by atoms with Gasteiger partial charge in [0.2, 0.25) is 0 Å². The molecule has 0 saturated carbocycles. The van der Waals surface area contributed by atoms with Gasteiger partial charge in [-0.25, -0.2) is 0 Å². The van der Waals surface area contributed by atoms with E-state index in [-0.39, 0.29) is 0 Å². The highest BCUT2D eigenvalue weighted by molar-refractivity contribution is 7.62. The molecule has 0 atom stereocenters. The molecule has 0 aliphatic carbocycles. The molecule has 1 aromatic rings. The maximum absolute atomic E-state index is 5.57. The molecule has 5 heteroatoms. The lowest BCUT2D eigenvalue weighted by Crippen LogP contribution is -2.20. The van der Waals surface area contributed by atoms with Crippen molar-refractivity contribution in [3.8, 4) is 5.75 Å². The van der Waals surface area contributed by atoms with Gasteiger partial charge in [-0.05, 0) is 24.6 Å². The van der Waals surface area contributed by atoms with Crippen LogP contribution in [0.2, 0.25) is 0 Å². The van der Waals surface area contributed by atoms with Crippen LogP contribution in [0.3, 0.4) is 0 Å². The Morgan fingerprint density at radius 1 is 1.25 bits per heavy atom. The molecule has 0 amide bonds. The van der Waals surface area contributed by atoms with E-state index < -0.39 is 6.25 Å². The van der Waals surface area contributed by atoms with E-state index in [0.717, 1.165) is 5.56 Å². The summed E-state index contributed by atoms with van der Waals surface area (Å²) in [6.07, 6.45) is -3.00. The van der Waals surface area contributed by atoms with Gasteiger partial charge in [0.05, 0.1) is 0 Å². The smallest absolute Gasteiger partial charge is 0.508 e. The summed E-state index contributed by atoms with van der Waals surface area (Å²) in [5.74, 6) is 0.613. The molecule has 0 aliphatic rings. The summed E-state index contributed by atoms with van der Waals surface area (Å²) in [7, 11) is 0. The summed E-state index contributed by atoms with van der Waals surface area (Å²) in [5.41, 5.74) is 1.08. The topological polar surface area (TPSA) is 9.23 Å². The van der Waals surface area contributed by atoms with E-state index in [0.29, 0.717) is 5.75 Å². The number of halogens is 3. The van der Waals surface area contributed by atoms with Gasteiger partial charge in [-0.1, -0.05) is 45.4 Å². The largest absolute Gasteiger partial charge is 0.555 e. The molecule has 0 heterocycles. The molecule has 0 unspecified atom stereocenters. The zero-order valence-corrected chi connectivity index (χ0v) is 9.62. The summed E-state index contributed by atoms with van der Waals surface area (Å²) >= 11 is 16.7. The maximum Gasteiger partial charge on any atom is 0.555 e. The lowest BCUT2D eigenvalue weighted by atomic mass is 10.2. The van der Waals surface area contributed by atoms with E-state index in [1.807, 2.05) is 25.1 Å². The molecule has 66 valence electrons. The molecule has 0 bridgehead atoms. The molecule has 0 N–H and O–H groups in total. The summed E-state index contributed by atoms with van der Waals surface area (Å²) in [4.78, 5) is 0. The molecule has 1 aromatic carbocycles. The lowest BCUT2D eigenvalue weighted by Gasteiger charge is -2.11. The van der Waals surface area contributed by atoms with Gasteiger partial charge in [0.15, 0.2) is 0 Å². The highest BCUT2D eigenvalue weighted by Crippen LogP contribution is 2.25. The van der Waals surface area contributed by atoms with Crippen molar-refractivity contribution in [2.45, 2.75) is 6.92 Å². The molecule has 1 rings (SSSR count). The molecular weight excluding hydrogens is 235 g/mol. The number of benzene rings is 1. The average Bonchev–Trinajstić information content (AvgIpc) is 1.82. The van der Waals surface area contributed by atoms with E-state index in [9.17, 15) is 0 Å².